The monoisotopic (exact) mass is 326 g/mol. The highest BCUT2D eigenvalue weighted by molar-refractivity contribution is 7.15. The quantitative estimate of drug-likeness (QED) is 0.761. The molecule has 6 heteroatoms. The van der Waals surface area contributed by atoms with E-state index < -0.39 is 0 Å². The maximum absolute atomic E-state index is 12.5. The molecule has 3 aromatic rings. The number of rotatable bonds is 5. The zero-order valence-corrected chi connectivity index (χ0v) is 13.9. The predicted molar refractivity (Wildman–Crippen MR) is 92.9 cm³/mol. The molecule has 0 atom stereocenters. The van der Waals surface area contributed by atoms with Crippen LogP contribution in [0.15, 0.2) is 36.5 Å². The van der Waals surface area contributed by atoms with E-state index in [1.165, 1.54) is 11.3 Å². The van der Waals surface area contributed by atoms with Crippen LogP contribution in [0.25, 0.3) is 10.9 Å². The van der Waals surface area contributed by atoms with Gasteiger partial charge in [-0.1, -0.05) is 43.4 Å². The number of fused-ring (bicyclic) bond motifs is 1. The normalized spacial score (nSPS) is 11.1. The molecule has 1 amide bonds. The van der Waals surface area contributed by atoms with Crippen LogP contribution in [-0.2, 0) is 0 Å². The summed E-state index contributed by atoms with van der Waals surface area (Å²) in [6, 6.07) is 9.36. The Hall–Kier alpha value is -2.34. The first-order valence-electron chi connectivity index (χ1n) is 7.71. The van der Waals surface area contributed by atoms with Crippen molar-refractivity contribution in [2.24, 2.45) is 0 Å². The standard InChI is InChI=1S/C17H18N4OS/c1-3-11(4-2)16-20-21-17(23-16)19-15(22)13-9-5-7-12-8-6-10-18-14(12)13/h5-11H,3-4H2,1-2H3,(H,19,21,22). The van der Waals surface area contributed by atoms with Gasteiger partial charge in [-0.15, -0.1) is 10.2 Å². The first kappa shape index (κ1) is 15.6. The second kappa shape index (κ2) is 6.83. The number of para-hydroxylation sites is 1. The Labute approximate surface area is 138 Å². The topological polar surface area (TPSA) is 67.8 Å². The Balaban J connectivity index is 1.84. The van der Waals surface area contributed by atoms with E-state index in [9.17, 15) is 4.79 Å². The van der Waals surface area contributed by atoms with Crippen molar-refractivity contribution in [3.05, 3.63) is 47.1 Å². The summed E-state index contributed by atoms with van der Waals surface area (Å²) >= 11 is 1.44. The molecule has 0 aliphatic rings. The van der Waals surface area contributed by atoms with Crippen LogP contribution >= 0.6 is 11.3 Å². The van der Waals surface area contributed by atoms with E-state index in [0.717, 1.165) is 23.2 Å². The summed E-state index contributed by atoms with van der Waals surface area (Å²) in [6.45, 7) is 4.27. The fraction of sp³-hybridized carbons (Fsp3) is 0.294. The smallest absolute Gasteiger partial charge is 0.259 e. The first-order valence-corrected chi connectivity index (χ1v) is 8.53. The summed E-state index contributed by atoms with van der Waals surface area (Å²) in [7, 11) is 0. The second-order valence-electron chi connectivity index (χ2n) is 5.29. The van der Waals surface area contributed by atoms with Crippen molar-refractivity contribution < 1.29 is 4.79 Å². The molecule has 0 aliphatic carbocycles. The number of anilines is 1. The number of hydrogen-bond acceptors (Lipinski definition) is 5. The molecule has 0 unspecified atom stereocenters. The van der Waals surface area contributed by atoms with Gasteiger partial charge in [0.05, 0.1) is 11.1 Å². The van der Waals surface area contributed by atoms with Crippen LogP contribution in [0.2, 0.25) is 0 Å². The number of pyridine rings is 1. The maximum Gasteiger partial charge on any atom is 0.259 e. The summed E-state index contributed by atoms with van der Waals surface area (Å²) in [5.74, 6) is 0.193. The average molecular weight is 326 g/mol. The second-order valence-corrected chi connectivity index (χ2v) is 6.30. The number of aromatic nitrogens is 3. The molecule has 5 nitrogen and oxygen atoms in total. The van der Waals surface area contributed by atoms with Crippen LogP contribution in [0.5, 0.6) is 0 Å². The molecule has 0 spiro atoms. The minimum absolute atomic E-state index is 0.207. The largest absolute Gasteiger partial charge is 0.296 e. The molecule has 0 saturated heterocycles. The molecule has 0 radical (unpaired) electrons. The van der Waals surface area contributed by atoms with Crippen LogP contribution in [0.1, 0.15) is 48.0 Å². The average Bonchev–Trinajstić information content (AvgIpc) is 3.03. The van der Waals surface area contributed by atoms with E-state index in [1.807, 2.05) is 24.3 Å². The van der Waals surface area contributed by atoms with Gasteiger partial charge in [-0.2, -0.15) is 0 Å². The van der Waals surface area contributed by atoms with Gasteiger partial charge in [0, 0.05) is 17.5 Å². The highest BCUT2D eigenvalue weighted by Crippen LogP contribution is 2.28. The fourth-order valence-corrected chi connectivity index (χ4v) is 3.55. The van der Waals surface area contributed by atoms with Crippen LogP contribution in [0.3, 0.4) is 0 Å². The number of amides is 1. The fourth-order valence-electron chi connectivity index (χ4n) is 2.54. The number of carbonyl (C=O) groups is 1. The van der Waals surface area contributed by atoms with Crippen molar-refractivity contribution in [1.82, 2.24) is 15.2 Å². The van der Waals surface area contributed by atoms with Gasteiger partial charge < -0.3 is 0 Å². The number of nitrogens with one attached hydrogen (secondary N) is 1. The van der Waals surface area contributed by atoms with Crippen molar-refractivity contribution in [3.8, 4) is 0 Å². The third-order valence-corrected chi connectivity index (χ3v) is 4.87. The van der Waals surface area contributed by atoms with Crippen molar-refractivity contribution in [3.63, 3.8) is 0 Å². The van der Waals surface area contributed by atoms with Gasteiger partial charge in [0.25, 0.3) is 5.91 Å². The van der Waals surface area contributed by atoms with Crippen LogP contribution in [0, 0.1) is 0 Å². The molecule has 2 heterocycles. The van der Waals surface area contributed by atoms with Gasteiger partial charge in [0.2, 0.25) is 5.13 Å². The molecular weight excluding hydrogens is 308 g/mol. The van der Waals surface area contributed by atoms with Crippen LogP contribution < -0.4 is 5.32 Å². The molecular formula is C17H18N4OS. The summed E-state index contributed by atoms with van der Waals surface area (Å²) in [6.07, 6.45) is 3.73. The molecule has 0 aliphatic heterocycles. The van der Waals surface area contributed by atoms with E-state index in [4.69, 9.17) is 0 Å². The van der Waals surface area contributed by atoms with E-state index >= 15 is 0 Å². The Morgan fingerprint density at radius 3 is 2.74 bits per heavy atom. The zero-order valence-electron chi connectivity index (χ0n) is 13.1. The lowest BCUT2D eigenvalue weighted by atomic mass is 10.1. The summed E-state index contributed by atoms with van der Waals surface area (Å²) in [5, 5.41) is 13.6. The lowest BCUT2D eigenvalue weighted by Crippen LogP contribution is -2.12. The van der Waals surface area contributed by atoms with Crippen molar-refractivity contribution in [2.75, 3.05) is 5.32 Å². The van der Waals surface area contributed by atoms with Gasteiger partial charge in [-0.25, -0.2) is 0 Å². The molecule has 0 bridgehead atoms. The number of carbonyl (C=O) groups excluding carboxylic acids is 1. The van der Waals surface area contributed by atoms with Gasteiger partial charge in [-0.3, -0.25) is 15.1 Å². The summed E-state index contributed by atoms with van der Waals surface area (Å²) < 4.78 is 0. The van der Waals surface area contributed by atoms with Gasteiger partial charge in [0.15, 0.2) is 0 Å². The lowest BCUT2D eigenvalue weighted by molar-refractivity contribution is 0.102. The number of nitrogens with zero attached hydrogens (tertiary/aromatic N) is 3. The lowest BCUT2D eigenvalue weighted by Gasteiger charge is -2.06. The molecule has 1 N–H and O–H groups in total. The van der Waals surface area contributed by atoms with E-state index in [1.54, 1.807) is 12.3 Å². The third-order valence-electron chi connectivity index (χ3n) is 3.87. The van der Waals surface area contributed by atoms with E-state index in [2.05, 4.69) is 34.3 Å². The van der Waals surface area contributed by atoms with Crippen LogP contribution in [0.4, 0.5) is 5.13 Å². The minimum atomic E-state index is -0.207. The third kappa shape index (κ3) is 3.22. The van der Waals surface area contributed by atoms with Crippen molar-refractivity contribution in [1.29, 1.82) is 0 Å². The molecule has 23 heavy (non-hydrogen) atoms. The van der Waals surface area contributed by atoms with Crippen molar-refractivity contribution >= 4 is 33.3 Å². The first-order chi connectivity index (χ1) is 11.2. The molecule has 1 aromatic carbocycles. The summed E-state index contributed by atoms with van der Waals surface area (Å²) in [5.41, 5.74) is 1.24. The molecule has 118 valence electrons. The molecule has 2 aromatic heterocycles. The van der Waals surface area contributed by atoms with Crippen LogP contribution in [-0.4, -0.2) is 21.1 Å². The Kier molecular flexibility index (Phi) is 4.62. The molecule has 0 fully saturated rings. The number of benzene rings is 1. The van der Waals surface area contributed by atoms with Gasteiger partial charge in [0.1, 0.15) is 5.01 Å². The highest BCUT2D eigenvalue weighted by atomic mass is 32.1. The minimum Gasteiger partial charge on any atom is -0.296 e. The Morgan fingerprint density at radius 2 is 1.96 bits per heavy atom. The van der Waals surface area contributed by atoms with E-state index in [0.29, 0.717) is 22.1 Å². The SMILES string of the molecule is CCC(CC)c1nnc(NC(=O)c2cccc3cccnc23)s1. The highest BCUT2D eigenvalue weighted by Gasteiger charge is 2.16. The predicted octanol–water partition coefficient (Wildman–Crippen LogP) is 4.24. The van der Waals surface area contributed by atoms with Crippen molar-refractivity contribution in [2.45, 2.75) is 32.6 Å². The summed E-state index contributed by atoms with van der Waals surface area (Å²) in [4.78, 5) is 16.8. The maximum atomic E-state index is 12.5. The molecule has 3 rings (SSSR count). The zero-order chi connectivity index (χ0) is 16.2. The van der Waals surface area contributed by atoms with Gasteiger partial charge in [-0.05, 0) is 25.0 Å². The molecule has 0 saturated carbocycles. The van der Waals surface area contributed by atoms with Gasteiger partial charge >= 0.3 is 0 Å². The Morgan fingerprint density at radius 1 is 1.17 bits per heavy atom. The number of hydrogen-bond donors (Lipinski definition) is 1. The van der Waals surface area contributed by atoms with E-state index in [-0.39, 0.29) is 5.91 Å². The Bertz CT molecular complexity index is 821.